The number of nitrogens with zero attached hydrogens (tertiary/aromatic N) is 2. The predicted molar refractivity (Wildman–Crippen MR) is 139 cm³/mol. The lowest BCUT2D eigenvalue weighted by atomic mass is 10.0. The molecule has 0 bridgehead atoms. The Morgan fingerprint density at radius 1 is 1.23 bits per heavy atom. The standard InChI is InChI=1S/C23H39N5O2.HI/c1-6-18(3)21(29)27-20-10-8-9-19(15-20)16-25-22(24-7-2)26-17-23(4,5)28-11-13-30-14-12-28;/h8-10,15,18H,6-7,11-14,16-17H2,1-5H3,(H,27,29)(H2,24,25,26);1H. The van der Waals surface area contributed by atoms with Gasteiger partial charge in [0.05, 0.1) is 19.8 Å². The van der Waals surface area contributed by atoms with Crippen LogP contribution in [0, 0.1) is 5.92 Å². The molecule has 1 unspecified atom stereocenters. The second-order valence-electron chi connectivity index (χ2n) is 8.46. The van der Waals surface area contributed by atoms with Crippen LogP contribution in [0.15, 0.2) is 29.3 Å². The van der Waals surface area contributed by atoms with E-state index in [4.69, 9.17) is 9.73 Å². The van der Waals surface area contributed by atoms with E-state index in [9.17, 15) is 4.79 Å². The van der Waals surface area contributed by atoms with Gasteiger partial charge >= 0.3 is 0 Å². The first-order valence-electron chi connectivity index (χ1n) is 11.1. The summed E-state index contributed by atoms with van der Waals surface area (Å²) >= 11 is 0. The smallest absolute Gasteiger partial charge is 0.227 e. The van der Waals surface area contributed by atoms with E-state index in [-0.39, 0.29) is 41.3 Å². The Morgan fingerprint density at radius 2 is 1.94 bits per heavy atom. The molecule has 1 aromatic carbocycles. The number of aliphatic imine (C=N–C) groups is 1. The third-order valence-corrected chi connectivity index (χ3v) is 5.57. The quantitative estimate of drug-likeness (QED) is 0.252. The van der Waals surface area contributed by atoms with Gasteiger partial charge in [-0.1, -0.05) is 26.0 Å². The van der Waals surface area contributed by atoms with E-state index in [1.165, 1.54) is 0 Å². The van der Waals surface area contributed by atoms with E-state index in [1.807, 2.05) is 38.1 Å². The molecule has 8 heteroatoms. The summed E-state index contributed by atoms with van der Waals surface area (Å²) in [4.78, 5) is 19.3. The van der Waals surface area contributed by atoms with Crippen molar-refractivity contribution in [1.82, 2.24) is 15.5 Å². The number of hydrogen-bond acceptors (Lipinski definition) is 4. The van der Waals surface area contributed by atoms with Crippen LogP contribution in [0.1, 0.15) is 46.6 Å². The molecule has 1 aliphatic heterocycles. The maximum atomic E-state index is 12.1. The van der Waals surface area contributed by atoms with Gasteiger partial charge < -0.3 is 20.7 Å². The highest BCUT2D eigenvalue weighted by molar-refractivity contribution is 14.0. The number of carbonyl (C=O) groups excluding carboxylic acids is 1. The van der Waals surface area contributed by atoms with Crippen LogP contribution in [-0.2, 0) is 16.1 Å². The van der Waals surface area contributed by atoms with E-state index in [0.29, 0.717) is 6.54 Å². The molecular weight excluding hydrogens is 505 g/mol. The summed E-state index contributed by atoms with van der Waals surface area (Å²) in [6, 6.07) is 7.90. The fraction of sp³-hybridized carbons (Fsp3) is 0.652. The number of morpholine rings is 1. The van der Waals surface area contributed by atoms with Gasteiger partial charge in [0.2, 0.25) is 5.91 Å². The van der Waals surface area contributed by atoms with Crippen LogP contribution in [0.2, 0.25) is 0 Å². The molecule has 0 aliphatic carbocycles. The van der Waals surface area contributed by atoms with E-state index < -0.39 is 0 Å². The number of hydrogen-bond donors (Lipinski definition) is 3. The van der Waals surface area contributed by atoms with Crippen molar-refractivity contribution >= 4 is 41.5 Å². The summed E-state index contributed by atoms with van der Waals surface area (Å²) in [6.45, 7) is 16.2. The van der Waals surface area contributed by atoms with Gasteiger partial charge in [-0.15, -0.1) is 24.0 Å². The van der Waals surface area contributed by atoms with Crippen molar-refractivity contribution in [1.29, 1.82) is 0 Å². The SMILES string of the molecule is CCNC(=NCc1cccc(NC(=O)C(C)CC)c1)NCC(C)(C)N1CCOCC1.I. The first-order chi connectivity index (χ1) is 14.4. The Balaban J connectivity index is 0.00000480. The number of anilines is 1. The molecule has 1 amide bonds. The summed E-state index contributed by atoms with van der Waals surface area (Å²) in [5.41, 5.74) is 1.89. The van der Waals surface area contributed by atoms with Gasteiger partial charge in [-0.25, -0.2) is 4.99 Å². The molecule has 0 saturated carbocycles. The van der Waals surface area contributed by atoms with Gasteiger partial charge in [-0.2, -0.15) is 0 Å². The Kier molecular flexibility index (Phi) is 12.4. The number of benzene rings is 1. The number of halogens is 1. The molecule has 1 aliphatic rings. The molecule has 0 spiro atoms. The van der Waals surface area contributed by atoms with Crippen LogP contribution in [0.4, 0.5) is 5.69 Å². The maximum Gasteiger partial charge on any atom is 0.227 e. The Bertz CT molecular complexity index is 705. The summed E-state index contributed by atoms with van der Waals surface area (Å²) in [5.74, 6) is 0.859. The molecule has 1 heterocycles. The lowest BCUT2D eigenvalue weighted by Gasteiger charge is -2.41. The first kappa shape index (κ1) is 27.6. The molecule has 31 heavy (non-hydrogen) atoms. The van der Waals surface area contributed by atoms with Gasteiger partial charge in [0.25, 0.3) is 0 Å². The number of guanidine groups is 1. The van der Waals surface area contributed by atoms with Crippen molar-refractivity contribution in [3.05, 3.63) is 29.8 Å². The summed E-state index contributed by atoms with van der Waals surface area (Å²) in [7, 11) is 0. The minimum atomic E-state index is 0. The molecule has 176 valence electrons. The monoisotopic (exact) mass is 545 g/mol. The molecule has 0 radical (unpaired) electrons. The van der Waals surface area contributed by atoms with Gasteiger partial charge in [-0.3, -0.25) is 9.69 Å². The van der Waals surface area contributed by atoms with Crippen LogP contribution in [0.3, 0.4) is 0 Å². The highest BCUT2D eigenvalue weighted by Crippen LogP contribution is 2.16. The number of rotatable bonds is 9. The Morgan fingerprint density at radius 3 is 2.58 bits per heavy atom. The van der Waals surface area contributed by atoms with Gasteiger partial charge in [-0.05, 0) is 44.9 Å². The normalized spacial score (nSPS) is 16.2. The number of amides is 1. The fourth-order valence-electron chi connectivity index (χ4n) is 3.29. The molecule has 2 rings (SSSR count). The van der Waals surface area contributed by atoms with Crippen LogP contribution in [-0.4, -0.2) is 61.7 Å². The van der Waals surface area contributed by atoms with Crippen molar-refractivity contribution in [2.24, 2.45) is 10.9 Å². The largest absolute Gasteiger partial charge is 0.379 e. The Labute approximate surface area is 204 Å². The third-order valence-electron chi connectivity index (χ3n) is 5.57. The minimum absolute atomic E-state index is 0. The lowest BCUT2D eigenvalue weighted by molar-refractivity contribution is -0.119. The molecule has 1 atom stereocenters. The van der Waals surface area contributed by atoms with Crippen LogP contribution >= 0.6 is 24.0 Å². The average molecular weight is 546 g/mol. The van der Waals surface area contributed by atoms with Crippen LogP contribution in [0.25, 0.3) is 0 Å². The van der Waals surface area contributed by atoms with Crippen molar-refractivity contribution in [2.45, 2.75) is 53.1 Å². The highest BCUT2D eigenvalue weighted by Gasteiger charge is 2.28. The zero-order valence-corrected chi connectivity index (χ0v) is 22.0. The van der Waals surface area contributed by atoms with E-state index >= 15 is 0 Å². The summed E-state index contributed by atoms with van der Waals surface area (Å²) in [5, 5.41) is 9.80. The molecule has 3 N–H and O–H groups in total. The van der Waals surface area contributed by atoms with Crippen LogP contribution < -0.4 is 16.0 Å². The first-order valence-corrected chi connectivity index (χ1v) is 11.1. The second-order valence-corrected chi connectivity index (χ2v) is 8.46. The topological polar surface area (TPSA) is 78.0 Å². The average Bonchev–Trinajstić information content (AvgIpc) is 2.76. The summed E-state index contributed by atoms with van der Waals surface area (Å²) < 4.78 is 5.48. The predicted octanol–water partition coefficient (Wildman–Crippen LogP) is 3.46. The van der Waals surface area contributed by atoms with Crippen LogP contribution in [0.5, 0.6) is 0 Å². The number of carbonyl (C=O) groups is 1. The second kappa shape index (κ2) is 13.9. The minimum Gasteiger partial charge on any atom is -0.379 e. The van der Waals surface area contributed by atoms with E-state index in [0.717, 1.165) is 63.0 Å². The molecule has 1 fully saturated rings. The fourth-order valence-corrected chi connectivity index (χ4v) is 3.29. The van der Waals surface area contributed by atoms with Gasteiger partial charge in [0.15, 0.2) is 5.96 Å². The van der Waals surface area contributed by atoms with Gasteiger partial charge in [0, 0.05) is 43.3 Å². The highest BCUT2D eigenvalue weighted by atomic mass is 127. The van der Waals surface area contributed by atoms with E-state index in [2.05, 4.69) is 41.6 Å². The Hall–Kier alpha value is -1.39. The summed E-state index contributed by atoms with van der Waals surface area (Å²) in [6.07, 6.45) is 0.828. The zero-order valence-electron chi connectivity index (χ0n) is 19.7. The molecule has 1 saturated heterocycles. The van der Waals surface area contributed by atoms with E-state index in [1.54, 1.807) is 0 Å². The molecule has 1 aromatic rings. The van der Waals surface area contributed by atoms with Crippen molar-refractivity contribution in [3.8, 4) is 0 Å². The number of nitrogens with one attached hydrogen (secondary N) is 3. The third kappa shape index (κ3) is 9.33. The zero-order chi connectivity index (χ0) is 22.0. The molecular formula is C23H40IN5O2. The number of ether oxygens (including phenoxy) is 1. The lowest BCUT2D eigenvalue weighted by Crippen LogP contribution is -2.56. The maximum absolute atomic E-state index is 12.1. The van der Waals surface area contributed by atoms with Crippen molar-refractivity contribution in [3.63, 3.8) is 0 Å². The van der Waals surface area contributed by atoms with Crippen molar-refractivity contribution in [2.75, 3.05) is 44.7 Å². The molecule has 7 nitrogen and oxygen atoms in total. The van der Waals surface area contributed by atoms with Crippen molar-refractivity contribution < 1.29 is 9.53 Å². The van der Waals surface area contributed by atoms with Gasteiger partial charge in [0.1, 0.15) is 0 Å². The molecule has 0 aromatic heterocycles.